The fourth-order valence-corrected chi connectivity index (χ4v) is 0.688. The lowest BCUT2D eigenvalue weighted by molar-refractivity contribution is -0.0893. The summed E-state index contributed by atoms with van der Waals surface area (Å²) in [6.07, 6.45) is 3.42. The van der Waals surface area contributed by atoms with Crippen LogP contribution in [0.1, 0.15) is 27.7 Å². The van der Waals surface area contributed by atoms with Crippen molar-refractivity contribution in [1.29, 1.82) is 0 Å². The fraction of sp³-hybridized carbons (Fsp3) is 0.667. The lowest BCUT2D eigenvalue weighted by atomic mass is 9.84. The van der Waals surface area contributed by atoms with Gasteiger partial charge in [-0.3, -0.25) is 5.10 Å². The second-order valence-electron chi connectivity index (χ2n) is 4.40. The first-order valence-electron chi connectivity index (χ1n) is 4.58. The van der Waals surface area contributed by atoms with Gasteiger partial charge in [0.15, 0.2) is 5.60 Å². The summed E-state index contributed by atoms with van der Waals surface area (Å²) in [6.45, 7) is 7.46. The molecule has 0 unspecified atom stereocenters. The molecule has 0 spiro atoms. The molecule has 0 saturated carbocycles. The van der Waals surface area contributed by atoms with Crippen molar-refractivity contribution >= 4 is 12.9 Å². The van der Waals surface area contributed by atoms with Crippen molar-refractivity contribution in [2.24, 2.45) is 0 Å². The van der Waals surface area contributed by atoms with E-state index in [9.17, 15) is 0 Å². The summed E-state index contributed by atoms with van der Waals surface area (Å²) in [5.74, 6) is 0. The molecule has 1 aromatic rings. The largest absolute Gasteiger partial charge is 0.439 e. The maximum atomic E-state index is 7.89. The Balaban J connectivity index is 2.53. The van der Waals surface area contributed by atoms with Crippen molar-refractivity contribution in [3.05, 3.63) is 12.4 Å². The van der Waals surface area contributed by atoms with Gasteiger partial charge in [0.25, 0.3) is 0 Å². The molecule has 1 rings (SSSR count). The van der Waals surface area contributed by atoms with Crippen molar-refractivity contribution in [3.8, 4) is 0 Å². The van der Waals surface area contributed by atoms with E-state index >= 15 is 0 Å². The summed E-state index contributed by atoms with van der Waals surface area (Å²) in [6, 6.07) is 0. The van der Waals surface area contributed by atoms with Crippen LogP contribution in [0.15, 0.2) is 12.4 Å². The van der Waals surface area contributed by atoms with E-state index in [1.807, 2.05) is 27.7 Å². The van der Waals surface area contributed by atoms with Crippen LogP contribution >= 0.6 is 0 Å². The molecule has 1 aromatic heterocycles. The summed E-state index contributed by atoms with van der Waals surface area (Å²) in [5, 5.41) is 14.4. The maximum Gasteiger partial charge on any atom is 0.334 e. The Morgan fingerprint density at radius 1 is 1.43 bits per heavy atom. The molecule has 0 atom stereocenters. The van der Waals surface area contributed by atoms with Crippen LogP contribution in [0.4, 0.5) is 0 Å². The second-order valence-corrected chi connectivity index (χ2v) is 4.40. The molecule has 4 nitrogen and oxygen atoms in total. The number of aromatic amines is 1. The Labute approximate surface area is 84.9 Å². The SMILES string of the molecule is CC(C)([OH2+])C(C)(C)O[B]c1cn[nH]c1. The lowest BCUT2D eigenvalue weighted by Crippen LogP contribution is -2.49. The van der Waals surface area contributed by atoms with Gasteiger partial charge in [-0.2, -0.15) is 5.10 Å². The quantitative estimate of drug-likeness (QED) is 0.542. The molecule has 0 aliphatic carbocycles. The molecule has 0 aromatic carbocycles. The van der Waals surface area contributed by atoms with Crippen molar-refractivity contribution in [2.75, 3.05) is 0 Å². The summed E-state index contributed by atoms with van der Waals surface area (Å²) < 4.78 is 5.57. The molecular formula is C9H17BN2O2+. The second kappa shape index (κ2) is 3.75. The molecule has 1 radical (unpaired) electrons. The predicted octanol–water partition coefficient (Wildman–Crippen LogP) is -0.0474. The Morgan fingerprint density at radius 2 is 2.07 bits per heavy atom. The molecule has 0 aliphatic rings. The first-order chi connectivity index (χ1) is 6.33. The first kappa shape index (κ1) is 11.3. The molecule has 5 heteroatoms. The maximum absolute atomic E-state index is 7.89. The smallest absolute Gasteiger partial charge is 0.334 e. The van der Waals surface area contributed by atoms with Gasteiger partial charge in [-0.15, -0.1) is 0 Å². The predicted molar refractivity (Wildman–Crippen MR) is 56.8 cm³/mol. The molecule has 0 saturated heterocycles. The number of aromatic nitrogens is 2. The zero-order valence-corrected chi connectivity index (χ0v) is 9.09. The van der Waals surface area contributed by atoms with E-state index in [1.165, 1.54) is 0 Å². The minimum Gasteiger partial charge on any atom is -0.439 e. The highest BCUT2D eigenvalue weighted by molar-refractivity contribution is 6.46. The van der Waals surface area contributed by atoms with Crippen LogP contribution in [-0.4, -0.2) is 34.0 Å². The summed E-state index contributed by atoms with van der Waals surface area (Å²) >= 11 is 0. The minimum absolute atomic E-state index is 0.524. The third kappa shape index (κ3) is 2.59. The van der Waals surface area contributed by atoms with E-state index < -0.39 is 11.2 Å². The Kier molecular flexibility index (Phi) is 3.02. The normalized spacial score (nSPS) is 12.9. The van der Waals surface area contributed by atoms with E-state index in [4.69, 9.17) is 9.76 Å². The van der Waals surface area contributed by atoms with Gasteiger partial charge in [0.1, 0.15) is 5.60 Å². The van der Waals surface area contributed by atoms with Gasteiger partial charge < -0.3 is 9.76 Å². The number of hydrogen-bond acceptors (Lipinski definition) is 2. The van der Waals surface area contributed by atoms with E-state index in [0.29, 0.717) is 0 Å². The number of rotatable bonds is 4. The molecule has 0 fully saturated rings. The van der Waals surface area contributed by atoms with Crippen molar-refractivity contribution in [2.45, 2.75) is 38.9 Å². The van der Waals surface area contributed by atoms with E-state index in [0.717, 1.165) is 5.46 Å². The van der Waals surface area contributed by atoms with Crippen LogP contribution in [0, 0.1) is 0 Å². The standard InChI is InChI=1S/C9H16BN2O2/c1-8(2,13)9(3,4)14-10-7-5-11-12-6-7/h5-6,13H,1-4H3,(H,11,12)/p+1. The Bertz CT molecular complexity index is 278. The van der Waals surface area contributed by atoms with Gasteiger partial charge in [0.2, 0.25) is 0 Å². The van der Waals surface area contributed by atoms with E-state index in [-0.39, 0.29) is 0 Å². The average molecular weight is 196 g/mol. The van der Waals surface area contributed by atoms with Gasteiger partial charge >= 0.3 is 7.48 Å². The summed E-state index contributed by atoms with van der Waals surface area (Å²) in [4.78, 5) is 0. The molecule has 3 N–H and O–H groups in total. The third-order valence-corrected chi connectivity index (χ3v) is 2.51. The number of nitrogens with one attached hydrogen (secondary N) is 1. The molecule has 0 bridgehead atoms. The van der Waals surface area contributed by atoms with Crippen molar-refractivity contribution in [3.63, 3.8) is 0 Å². The number of nitrogens with zero attached hydrogens (tertiary/aromatic N) is 1. The number of hydrogen-bond donors (Lipinski definition) is 1. The van der Waals surface area contributed by atoms with E-state index in [2.05, 4.69) is 10.2 Å². The highest BCUT2D eigenvalue weighted by Gasteiger charge is 2.40. The van der Waals surface area contributed by atoms with Gasteiger partial charge in [-0.1, -0.05) is 0 Å². The summed E-state index contributed by atoms with van der Waals surface area (Å²) in [5.41, 5.74) is -0.292. The zero-order valence-electron chi connectivity index (χ0n) is 9.09. The molecule has 14 heavy (non-hydrogen) atoms. The van der Waals surface area contributed by atoms with Gasteiger partial charge in [-0.25, -0.2) is 0 Å². The minimum atomic E-state index is -0.646. The van der Waals surface area contributed by atoms with Crippen LogP contribution in [0.3, 0.4) is 0 Å². The topological polar surface area (TPSA) is 60.8 Å². The highest BCUT2D eigenvalue weighted by atomic mass is 16.5. The van der Waals surface area contributed by atoms with Crippen molar-refractivity contribution in [1.82, 2.24) is 10.2 Å². The van der Waals surface area contributed by atoms with Crippen LogP contribution in [-0.2, 0) is 4.65 Å². The van der Waals surface area contributed by atoms with Crippen LogP contribution < -0.4 is 5.46 Å². The van der Waals surface area contributed by atoms with E-state index in [1.54, 1.807) is 19.9 Å². The monoisotopic (exact) mass is 196 g/mol. The first-order valence-corrected chi connectivity index (χ1v) is 4.58. The third-order valence-electron chi connectivity index (χ3n) is 2.51. The summed E-state index contributed by atoms with van der Waals surface area (Å²) in [7, 11) is 1.62. The molecule has 1 heterocycles. The average Bonchev–Trinajstić information content (AvgIpc) is 2.50. The molecular weight excluding hydrogens is 179 g/mol. The van der Waals surface area contributed by atoms with Gasteiger partial charge in [-0.05, 0) is 19.3 Å². The van der Waals surface area contributed by atoms with Gasteiger partial charge in [0, 0.05) is 26.2 Å². The van der Waals surface area contributed by atoms with Crippen LogP contribution in [0.2, 0.25) is 0 Å². The fourth-order valence-electron chi connectivity index (χ4n) is 0.688. The molecule has 0 amide bonds. The van der Waals surface area contributed by atoms with Gasteiger partial charge in [0.05, 0.1) is 0 Å². The lowest BCUT2D eigenvalue weighted by Gasteiger charge is -2.33. The van der Waals surface area contributed by atoms with Crippen LogP contribution in [0.5, 0.6) is 0 Å². The highest BCUT2D eigenvalue weighted by Crippen LogP contribution is 2.23. The molecule has 0 aliphatic heterocycles. The Morgan fingerprint density at radius 3 is 2.50 bits per heavy atom. The molecule has 77 valence electrons. The zero-order chi connectivity index (χ0) is 10.8. The Hall–Kier alpha value is -0.805. The van der Waals surface area contributed by atoms with Crippen molar-refractivity contribution < 1.29 is 9.76 Å². The number of H-pyrrole nitrogens is 1. The van der Waals surface area contributed by atoms with Crippen LogP contribution in [0.25, 0.3) is 0 Å².